The molecule has 194 valence electrons. The highest BCUT2D eigenvalue weighted by Crippen LogP contribution is 2.40. The molecule has 4 rings (SSSR count). The summed E-state index contributed by atoms with van der Waals surface area (Å²) in [5.41, 5.74) is 5.78. The highest BCUT2D eigenvalue weighted by Gasteiger charge is 2.31. The van der Waals surface area contributed by atoms with Crippen molar-refractivity contribution in [3.05, 3.63) is 80.9 Å². The van der Waals surface area contributed by atoms with Gasteiger partial charge in [0.25, 0.3) is 0 Å². The van der Waals surface area contributed by atoms with Crippen molar-refractivity contribution in [3.63, 3.8) is 0 Å². The Morgan fingerprint density at radius 3 is 2.24 bits per heavy atom. The van der Waals surface area contributed by atoms with Gasteiger partial charge in [0.05, 0.1) is 24.3 Å². The maximum absolute atomic E-state index is 13.2. The van der Waals surface area contributed by atoms with Crippen molar-refractivity contribution in [3.8, 4) is 11.5 Å². The summed E-state index contributed by atoms with van der Waals surface area (Å²) in [5.74, 6) is -0.489. The maximum atomic E-state index is 13.2. The summed E-state index contributed by atoms with van der Waals surface area (Å²) >= 11 is 6.79. The third-order valence-corrected chi connectivity index (χ3v) is 8.44. The van der Waals surface area contributed by atoms with Gasteiger partial charge in [-0.3, -0.25) is 4.79 Å². The van der Waals surface area contributed by atoms with Crippen LogP contribution in [0.5, 0.6) is 11.5 Å². The zero-order chi connectivity index (χ0) is 27.1. The first-order valence-electron chi connectivity index (χ1n) is 10.4. The number of ether oxygens (including phenoxy) is 1. The monoisotopic (exact) mass is 660 g/mol. The van der Waals surface area contributed by atoms with Crippen LogP contribution >= 0.6 is 31.9 Å². The number of benzene rings is 3. The molecule has 13 heteroatoms. The number of hydrogen-bond donors (Lipinski definition) is 3. The SMILES string of the molecule is N[C@@H](Cc1cc(Br)c(Oc2ccc3[nH]cc(S(=O)(=O)c4ccc(C(F)(F)F)cc4)c3c2)c(Br)c1)C(=O)O. The molecular formula is C24H17Br2F3N2O5S. The predicted molar refractivity (Wildman–Crippen MR) is 136 cm³/mol. The van der Waals surface area contributed by atoms with E-state index in [2.05, 4.69) is 36.8 Å². The van der Waals surface area contributed by atoms with E-state index in [0.29, 0.717) is 25.8 Å². The van der Waals surface area contributed by atoms with Crippen LogP contribution in [0.15, 0.2) is 79.5 Å². The van der Waals surface area contributed by atoms with E-state index in [1.165, 1.54) is 12.3 Å². The lowest BCUT2D eigenvalue weighted by molar-refractivity contribution is -0.139. The van der Waals surface area contributed by atoms with E-state index < -0.39 is 33.6 Å². The minimum absolute atomic E-state index is 0.0906. The Hall–Kier alpha value is -2.87. The molecule has 1 heterocycles. The molecule has 0 saturated heterocycles. The molecule has 0 radical (unpaired) electrons. The summed E-state index contributed by atoms with van der Waals surface area (Å²) in [4.78, 5) is 13.5. The van der Waals surface area contributed by atoms with Crippen LogP contribution < -0.4 is 10.5 Å². The first kappa shape index (κ1) is 27.2. The first-order chi connectivity index (χ1) is 17.3. The number of nitrogens with two attached hydrogens (primary N) is 1. The number of fused-ring (bicyclic) bond motifs is 1. The summed E-state index contributed by atoms with van der Waals surface area (Å²) in [7, 11) is -4.15. The van der Waals surface area contributed by atoms with Crippen LogP contribution in [0.25, 0.3) is 10.9 Å². The van der Waals surface area contributed by atoms with E-state index >= 15 is 0 Å². The number of alkyl halides is 3. The van der Waals surface area contributed by atoms with Crippen LogP contribution in [0.2, 0.25) is 0 Å². The van der Waals surface area contributed by atoms with E-state index in [0.717, 1.165) is 24.3 Å². The third-order valence-electron chi connectivity index (χ3n) is 5.45. The largest absolute Gasteiger partial charge is 0.480 e. The van der Waals surface area contributed by atoms with Crippen LogP contribution in [-0.2, 0) is 27.2 Å². The lowest BCUT2D eigenvalue weighted by atomic mass is 10.1. The number of aromatic nitrogens is 1. The Morgan fingerprint density at radius 2 is 1.68 bits per heavy atom. The smallest absolute Gasteiger partial charge is 0.416 e. The number of nitrogens with one attached hydrogen (secondary N) is 1. The molecule has 37 heavy (non-hydrogen) atoms. The number of sulfone groups is 1. The van der Waals surface area contributed by atoms with Gasteiger partial charge in [0.1, 0.15) is 11.8 Å². The quantitative estimate of drug-likeness (QED) is 0.214. The van der Waals surface area contributed by atoms with Gasteiger partial charge >= 0.3 is 12.1 Å². The molecular weight excluding hydrogens is 645 g/mol. The number of carbonyl (C=O) groups is 1. The molecule has 0 spiro atoms. The van der Waals surface area contributed by atoms with E-state index in [1.54, 1.807) is 24.3 Å². The van der Waals surface area contributed by atoms with Crippen molar-refractivity contribution >= 4 is 58.6 Å². The summed E-state index contributed by atoms with van der Waals surface area (Å²) in [6.45, 7) is 0. The highest BCUT2D eigenvalue weighted by atomic mass is 79.9. The molecule has 0 fully saturated rings. The summed E-state index contributed by atoms with van der Waals surface area (Å²) in [6.07, 6.45) is -3.22. The Labute approximate surface area is 225 Å². The molecule has 0 saturated carbocycles. The van der Waals surface area contributed by atoms with E-state index in [-0.39, 0.29) is 27.3 Å². The molecule has 0 bridgehead atoms. The van der Waals surface area contributed by atoms with Crippen molar-refractivity contribution in [1.29, 1.82) is 0 Å². The highest BCUT2D eigenvalue weighted by molar-refractivity contribution is 9.11. The van der Waals surface area contributed by atoms with Crippen molar-refractivity contribution in [2.24, 2.45) is 5.73 Å². The fraction of sp³-hybridized carbons (Fsp3) is 0.125. The molecule has 1 atom stereocenters. The molecule has 0 aliphatic rings. The van der Waals surface area contributed by atoms with E-state index in [4.69, 9.17) is 15.6 Å². The van der Waals surface area contributed by atoms with Gasteiger partial charge in [-0.1, -0.05) is 0 Å². The fourth-order valence-electron chi connectivity index (χ4n) is 3.60. The fourth-order valence-corrected chi connectivity index (χ4v) is 6.46. The molecule has 3 aromatic carbocycles. The number of rotatable bonds is 7. The number of aromatic amines is 1. The Kier molecular flexibility index (Phi) is 7.43. The molecule has 0 unspecified atom stereocenters. The number of hydrogen-bond acceptors (Lipinski definition) is 5. The van der Waals surface area contributed by atoms with Gasteiger partial charge in [-0.2, -0.15) is 13.2 Å². The Morgan fingerprint density at radius 1 is 1.05 bits per heavy atom. The molecule has 0 amide bonds. The number of halogens is 5. The van der Waals surface area contributed by atoms with Crippen LogP contribution in [0.1, 0.15) is 11.1 Å². The first-order valence-corrected chi connectivity index (χ1v) is 13.5. The van der Waals surface area contributed by atoms with Crippen molar-refractivity contribution in [2.75, 3.05) is 0 Å². The lowest BCUT2D eigenvalue weighted by Gasteiger charge is -2.13. The molecule has 4 N–H and O–H groups in total. The zero-order valence-electron chi connectivity index (χ0n) is 18.5. The van der Waals surface area contributed by atoms with Crippen LogP contribution in [0.4, 0.5) is 13.2 Å². The van der Waals surface area contributed by atoms with Crippen LogP contribution in [0.3, 0.4) is 0 Å². The number of carboxylic acids is 1. The second-order valence-corrected chi connectivity index (χ2v) is 11.7. The number of carboxylic acid groups (broad SMARTS) is 1. The van der Waals surface area contributed by atoms with E-state index in [9.17, 15) is 26.4 Å². The average molecular weight is 662 g/mol. The van der Waals surface area contributed by atoms with Gasteiger partial charge in [0, 0.05) is 17.1 Å². The second-order valence-electron chi connectivity index (χ2n) is 8.03. The zero-order valence-corrected chi connectivity index (χ0v) is 22.5. The lowest BCUT2D eigenvalue weighted by Crippen LogP contribution is -2.32. The van der Waals surface area contributed by atoms with Gasteiger partial charge < -0.3 is 20.6 Å². The second kappa shape index (κ2) is 10.1. The van der Waals surface area contributed by atoms with Crippen molar-refractivity contribution < 1.29 is 36.2 Å². The summed E-state index contributed by atoms with van der Waals surface area (Å²) in [5, 5.41) is 9.32. The van der Waals surface area contributed by atoms with Gasteiger partial charge in [-0.15, -0.1) is 0 Å². The van der Waals surface area contributed by atoms with Gasteiger partial charge in [0.2, 0.25) is 9.84 Å². The van der Waals surface area contributed by atoms with Crippen LogP contribution in [0, 0.1) is 0 Å². The van der Waals surface area contributed by atoms with Crippen molar-refractivity contribution in [2.45, 2.75) is 28.4 Å². The number of aliphatic carboxylic acids is 1. The van der Waals surface area contributed by atoms with Gasteiger partial charge in [-0.05, 0) is 98.4 Å². The number of H-pyrrole nitrogens is 1. The average Bonchev–Trinajstić information content (AvgIpc) is 3.25. The topological polar surface area (TPSA) is 122 Å². The summed E-state index contributed by atoms with van der Waals surface area (Å²) in [6, 6.07) is 10.3. The molecule has 0 aliphatic heterocycles. The molecule has 0 aliphatic carbocycles. The Bertz CT molecular complexity index is 1580. The predicted octanol–water partition coefficient (Wildman–Crippen LogP) is 6.29. The molecule has 7 nitrogen and oxygen atoms in total. The third kappa shape index (κ3) is 5.69. The van der Waals surface area contributed by atoms with Gasteiger partial charge in [0.15, 0.2) is 5.75 Å². The minimum Gasteiger partial charge on any atom is -0.480 e. The van der Waals surface area contributed by atoms with Crippen molar-refractivity contribution in [1.82, 2.24) is 4.98 Å². The molecule has 4 aromatic rings. The maximum Gasteiger partial charge on any atom is 0.416 e. The van der Waals surface area contributed by atoms with Gasteiger partial charge in [-0.25, -0.2) is 8.42 Å². The minimum atomic E-state index is -4.58. The summed E-state index contributed by atoms with van der Waals surface area (Å²) < 4.78 is 72.1. The standard InChI is InChI=1S/C24H17Br2F3N2O5S/c25-17-7-12(9-19(30)23(32)33)8-18(26)22(17)36-14-3-6-20-16(10-14)21(11-31-20)37(34,35)15-4-1-13(2-5-15)24(27,28)29/h1-8,10-11,19,31H,9,30H2,(H,32,33)/t19-/m0/s1. The van der Waals surface area contributed by atoms with E-state index in [1.807, 2.05) is 0 Å². The van der Waals surface area contributed by atoms with Crippen LogP contribution in [-0.4, -0.2) is 30.5 Å². The molecule has 1 aromatic heterocycles. The Balaban J connectivity index is 1.67. The normalized spacial score (nSPS) is 13.0.